The Morgan fingerprint density at radius 1 is 1.75 bits per heavy atom. The predicted octanol–water partition coefficient (Wildman–Crippen LogP) is 0.411. The van der Waals surface area contributed by atoms with Crippen molar-refractivity contribution >= 4 is 28.3 Å². The summed E-state index contributed by atoms with van der Waals surface area (Å²) < 4.78 is 20.5. The highest BCUT2D eigenvalue weighted by atomic mass is 32.2. The molecule has 0 saturated carbocycles. The van der Waals surface area contributed by atoms with Crippen molar-refractivity contribution in [2.45, 2.75) is 5.75 Å². The van der Waals surface area contributed by atoms with E-state index in [2.05, 4.69) is 0 Å². The van der Waals surface area contributed by atoms with Gasteiger partial charge in [-0.2, -0.15) is 0 Å². The van der Waals surface area contributed by atoms with Crippen molar-refractivity contribution in [3.8, 4) is 0 Å². The fourth-order valence-corrected chi connectivity index (χ4v) is 2.23. The zero-order valence-electron chi connectivity index (χ0n) is 6.07. The first kappa shape index (κ1) is 9.37. The Labute approximate surface area is 76.2 Å². The second kappa shape index (κ2) is 3.79. The molecule has 1 unspecified atom stereocenters. The summed E-state index contributed by atoms with van der Waals surface area (Å²) in [5, 5.41) is 7.07. The molecule has 0 aromatic carbocycles. The maximum absolute atomic E-state index is 10.3. The van der Waals surface area contributed by atoms with E-state index in [0.29, 0.717) is 9.75 Å². The lowest BCUT2D eigenvalue weighted by Crippen LogP contribution is -2.08. The molecule has 12 heavy (non-hydrogen) atoms. The Kier molecular flexibility index (Phi) is 2.96. The van der Waals surface area contributed by atoms with Gasteiger partial charge in [-0.3, -0.25) is 9.62 Å². The van der Waals surface area contributed by atoms with E-state index in [1.54, 1.807) is 12.1 Å². The predicted molar refractivity (Wildman–Crippen MR) is 48.0 cm³/mol. The van der Waals surface area contributed by atoms with Crippen LogP contribution in [0.4, 0.5) is 0 Å². The quantitative estimate of drug-likeness (QED) is 0.423. The summed E-state index contributed by atoms with van der Waals surface area (Å²) in [5.41, 5.74) is 5.20. The van der Waals surface area contributed by atoms with Gasteiger partial charge in [-0.25, -0.2) is 0 Å². The molecule has 1 heterocycles. The fourth-order valence-electron chi connectivity index (χ4n) is 0.716. The van der Waals surface area contributed by atoms with Gasteiger partial charge in [0.05, 0.1) is 4.88 Å². The van der Waals surface area contributed by atoms with E-state index < -0.39 is 11.1 Å². The highest BCUT2D eigenvalue weighted by Gasteiger charge is 2.01. The van der Waals surface area contributed by atoms with E-state index in [4.69, 9.17) is 11.1 Å². The van der Waals surface area contributed by atoms with Crippen LogP contribution in [0.5, 0.6) is 0 Å². The average molecular weight is 203 g/mol. The van der Waals surface area contributed by atoms with E-state index in [-0.39, 0.29) is 11.6 Å². The number of hydrogen-bond donors (Lipinski definition) is 2. The molecule has 0 aliphatic heterocycles. The van der Waals surface area contributed by atoms with Crippen LogP contribution in [0.1, 0.15) is 9.75 Å². The molecule has 4 nitrogen and oxygen atoms in total. The summed E-state index contributed by atoms with van der Waals surface area (Å²) >= 11 is -0.841. The van der Waals surface area contributed by atoms with Gasteiger partial charge in [0.2, 0.25) is 0 Å². The number of hydrogen-bond acceptors (Lipinski definition) is 4. The third kappa shape index (κ3) is 2.40. The van der Waals surface area contributed by atoms with E-state index in [0.717, 1.165) is 0 Å². The highest BCUT2D eigenvalue weighted by Crippen LogP contribution is 2.16. The molecular formula is C6H7N2O2S2-. The van der Waals surface area contributed by atoms with Crippen LogP contribution < -0.4 is 5.73 Å². The second-order valence-electron chi connectivity index (χ2n) is 2.13. The zero-order valence-corrected chi connectivity index (χ0v) is 7.71. The number of amidine groups is 1. The van der Waals surface area contributed by atoms with Gasteiger partial charge in [0, 0.05) is 10.6 Å². The summed E-state index contributed by atoms with van der Waals surface area (Å²) in [5.74, 6) is -0.0271. The number of nitrogens with one attached hydrogen (secondary N) is 1. The van der Waals surface area contributed by atoms with Crippen LogP contribution >= 0.6 is 11.3 Å². The topological polar surface area (TPSA) is 90.0 Å². The summed E-state index contributed by atoms with van der Waals surface area (Å²) in [6, 6.07) is 3.31. The Hall–Kier alpha value is -0.720. The van der Waals surface area contributed by atoms with E-state index in [9.17, 15) is 8.76 Å². The lowest BCUT2D eigenvalue weighted by Gasteiger charge is -2.00. The molecule has 1 aromatic rings. The van der Waals surface area contributed by atoms with Crippen molar-refractivity contribution in [3.05, 3.63) is 21.9 Å². The first-order chi connectivity index (χ1) is 5.59. The lowest BCUT2D eigenvalue weighted by molar-refractivity contribution is 0.536. The van der Waals surface area contributed by atoms with E-state index >= 15 is 0 Å². The van der Waals surface area contributed by atoms with E-state index in [1.165, 1.54) is 11.3 Å². The van der Waals surface area contributed by atoms with Gasteiger partial charge in [0.15, 0.2) is 0 Å². The lowest BCUT2D eigenvalue weighted by atomic mass is 10.4. The highest BCUT2D eigenvalue weighted by molar-refractivity contribution is 7.78. The van der Waals surface area contributed by atoms with Gasteiger partial charge in [-0.05, 0) is 23.2 Å². The summed E-state index contributed by atoms with van der Waals surface area (Å²) in [7, 11) is 0. The smallest absolute Gasteiger partial charge is 0.133 e. The summed E-state index contributed by atoms with van der Waals surface area (Å²) in [4.78, 5) is 1.31. The molecule has 0 radical (unpaired) electrons. The minimum absolute atomic E-state index is 0.00204. The molecular weight excluding hydrogens is 196 g/mol. The summed E-state index contributed by atoms with van der Waals surface area (Å²) in [6.45, 7) is 0. The molecule has 3 N–H and O–H groups in total. The SMILES string of the molecule is N=C(N)c1ccc(CS(=O)[O-])s1. The van der Waals surface area contributed by atoms with Gasteiger partial charge >= 0.3 is 0 Å². The number of rotatable bonds is 3. The molecule has 0 aliphatic carbocycles. The third-order valence-corrected chi connectivity index (χ3v) is 3.04. The van der Waals surface area contributed by atoms with Gasteiger partial charge in [-0.1, -0.05) is 0 Å². The third-order valence-electron chi connectivity index (χ3n) is 1.19. The van der Waals surface area contributed by atoms with Crippen LogP contribution in [0.3, 0.4) is 0 Å². The van der Waals surface area contributed by atoms with Crippen molar-refractivity contribution in [1.29, 1.82) is 5.41 Å². The van der Waals surface area contributed by atoms with Crippen LogP contribution in [-0.4, -0.2) is 14.6 Å². The van der Waals surface area contributed by atoms with Gasteiger partial charge < -0.3 is 10.3 Å². The molecule has 1 aromatic heterocycles. The van der Waals surface area contributed by atoms with Crippen molar-refractivity contribution in [2.75, 3.05) is 0 Å². The van der Waals surface area contributed by atoms with Crippen molar-refractivity contribution in [3.63, 3.8) is 0 Å². The van der Waals surface area contributed by atoms with Crippen LogP contribution in [0.25, 0.3) is 0 Å². The first-order valence-corrected chi connectivity index (χ1v) is 5.14. The van der Waals surface area contributed by atoms with Crippen molar-refractivity contribution < 1.29 is 8.76 Å². The summed E-state index contributed by atoms with van der Waals surface area (Å²) in [6.07, 6.45) is 0. The van der Waals surface area contributed by atoms with Crippen LogP contribution in [-0.2, 0) is 16.8 Å². The van der Waals surface area contributed by atoms with Gasteiger partial charge in [0.1, 0.15) is 5.84 Å². The van der Waals surface area contributed by atoms with Crippen molar-refractivity contribution in [2.24, 2.45) is 5.73 Å². The molecule has 0 fully saturated rings. The molecule has 0 saturated heterocycles. The molecule has 66 valence electrons. The average Bonchev–Trinajstić information content (AvgIpc) is 2.34. The van der Waals surface area contributed by atoms with Crippen LogP contribution in [0.15, 0.2) is 12.1 Å². The Bertz CT molecular complexity index is 321. The number of nitrogens with two attached hydrogens (primary N) is 1. The minimum atomic E-state index is -2.07. The molecule has 0 bridgehead atoms. The van der Waals surface area contributed by atoms with Crippen LogP contribution in [0.2, 0.25) is 0 Å². The van der Waals surface area contributed by atoms with Gasteiger partial charge in [0.25, 0.3) is 0 Å². The standard InChI is InChI=1S/C6H8N2O2S2/c7-6(8)5-2-1-4(11-5)3-12(9)10/h1-2H,3H2,(H3,7,8)(H,9,10)/p-1. The van der Waals surface area contributed by atoms with E-state index in [1.807, 2.05) is 0 Å². The zero-order chi connectivity index (χ0) is 9.14. The Balaban J connectivity index is 2.77. The van der Waals surface area contributed by atoms with Gasteiger partial charge in [-0.15, -0.1) is 11.3 Å². The first-order valence-electron chi connectivity index (χ1n) is 3.08. The Morgan fingerprint density at radius 3 is 2.83 bits per heavy atom. The van der Waals surface area contributed by atoms with Crippen LogP contribution in [0, 0.1) is 5.41 Å². The Morgan fingerprint density at radius 2 is 2.42 bits per heavy atom. The molecule has 0 aliphatic rings. The molecule has 1 atom stereocenters. The maximum Gasteiger partial charge on any atom is 0.133 e. The maximum atomic E-state index is 10.3. The number of thiophene rings is 1. The molecule has 0 spiro atoms. The molecule has 6 heteroatoms. The largest absolute Gasteiger partial charge is 0.772 e. The molecule has 0 amide bonds. The normalized spacial score (nSPS) is 12.8. The fraction of sp³-hybridized carbons (Fsp3) is 0.167. The second-order valence-corrected chi connectivity index (χ2v) is 4.19. The number of nitrogen functional groups attached to an aromatic ring is 1. The minimum Gasteiger partial charge on any atom is -0.772 e. The monoisotopic (exact) mass is 203 g/mol. The van der Waals surface area contributed by atoms with Crippen molar-refractivity contribution in [1.82, 2.24) is 0 Å². The molecule has 1 rings (SSSR count).